The second-order valence-corrected chi connectivity index (χ2v) is 3.95. The summed E-state index contributed by atoms with van der Waals surface area (Å²) in [5, 5.41) is 0.608. The van der Waals surface area contributed by atoms with Crippen LogP contribution in [0.5, 0.6) is 0 Å². The molecule has 0 bridgehead atoms. The van der Waals surface area contributed by atoms with E-state index in [4.69, 9.17) is 22.1 Å². The maximum atomic E-state index is 6.11. The number of nitrogens with zero attached hydrogens (tertiary/aromatic N) is 1. The first-order valence-electron chi connectivity index (χ1n) is 4.94. The van der Waals surface area contributed by atoms with Gasteiger partial charge in [-0.15, -0.1) is 0 Å². The lowest BCUT2D eigenvalue weighted by molar-refractivity contribution is 0.221. The second-order valence-electron chi connectivity index (χ2n) is 3.54. The molecule has 1 aliphatic heterocycles. The zero-order chi connectivity index (χ0) is 10.7. The number of hydrogen-bond donors (Lipinski definition) is 1. The van der Waals surface area contributed by atoms with Crippen molar-refractivity contribution >= 4 is 11.6 Å². The third kappa shape index (κ3) is 2.30. The van der Waals surface area contributed by atoms with Crippen molar-refractivity contribution in [1.29, 1.82) is 0 Å². The molecule has 3 nitrogen and oxygen atoms in total. The van der Waals surface area contributed by atoms with E-state index >= 15 is 0 Å². The summed E-state index contributed by atoms with van der Waals surface area (Å²) in [4.78, 5) is 3.93. The van der Waals surface area contributed by atoms with Gasteiger partial charge in [-0.05, 0) is 30.0 Å². The van der Waals surface area contributed by atoms with E-state index in [0.717, 1.165) is 30.6 Å². The summed E-state index contributed by atoms with van der Waals surface area (Å²) in [6, 6.07) is 1.67. The zero-order valence-electron chi connectivity index (χ0n) is 8.32. The fraction of sp³-hybridized carbons (Fsp3) is 0.364. The van der Waals surface area contributed by atoms with E-state index in [1.807, 2.05) is 6.07 Å². The summed E-state index contributed by atoms with van der Waals surface area (Å²) < 4.78 is 5.26. The molecular weight excluding hydrogens is 212 g/mol. The Hall–Kier alpha value is -1.06. The summed E-state index contributed by atoms with van der Waals surface area (Å²) in [6.45, 7) is 0.778. The Morgan fingerprint density at radius 1 is 1.53 bits per heavy atom. The first kappa shape index (κ1) is 10.5. The van der Waals surface area contributed by atoms with Crippen LogP contribution < -0.4 is 5.73 Å². The SMILES string of the molecule is NC(C1=COCCC1)c1ccncc1Cl. The van der Waals surface area contributed by atoms with E-state index in [9.17, 15) is 0 Å². The molecule has 80 valence electrons. The van der Waals surface area contributed by atoms with E-state index < -0.39 is 0 Å². The van der Waals surface area contributed by atoms with Crippen LogP contribution >= 0.6 is 11.6 Å². The fourth-order valence-electron chi connectivity index (χ4n) is 1.65. The molecular formula is C11H13ClN2O. The standard InChI is InChI=1S/C11H13ClN2O/c12-10-6-14-4-3-9(10)11(13)8-2-1-5-15-7-8/h3-4,6-7,11H,1-2,5,13H2. The minimum Gasteiger partial charge on any atom is -0.501 e. The number of pyridine rings is 1. The molecule has 1 aromatic rings. The smallest absolute Gasteiger partial charge is 0.0876 e. The number of hydrogen-bond acceptors (Lipinski definition) is 3. The molecule has 0 radical (unpaired) electrons. The topological polar surface area (TPSA) is 48.1 Å². The van der Waals surface area contributed by atoms with Gasteiger partial charge in [0.1, 0.15) is 0 Å². The highest BCUT2D eigenvalue weighted by Gasteiger charge is 2.17. The van der Waals surface area contributed by atoms with Crippen molar-refractivity contribution in [2.75, 3.05) is 6.61 Å². The normalized spacial score (nSPS) is 17.9. The lowest BCUT2D eigenvalue weighted by atomic mass is 9.97. The van der Waals surface area contributed by atoms with Crippen LogP contribution in [-0.2, 0) is 4.74 Å². The number of rotatable bonds is 2. The van der Waals surface area contributed by atoms with Gasteiger partial charge in [-0.2, -0.15) is 0 Å². The molecule has 15 heavy (non-hydrogen) atoms. The Labute approximate surface area is 93.9 Å². The number of halogens is 1. The van der Waals surface area contributed by atoms with Gasteiger partial charge >= 0.3 is 0 Å². The molecule has 2 rings (SSSR count). The highest BCUT2D eigenvalue weighted by molar-refractivity contribution is 6.31. The van der Waals surface area contributed by atoms with Crippen LogP contribution in [-0.4, -0.2) is 11.6 Å². The molecule has 0 saturated heterocycles. The van der Waals surface area contributed by atoms with Crippen molar-refractivity contribution in [2.45, 2.75) is 18.9 Å². The molecule has 0 spiro atoms. The highest BCUT2D eigenvalue weighted by Crippen LogP contribution is 2.29. The van der Waals surface area contributed by atoms with Crippen molar-refractivity contribution < 1.29 is 4.74 Å². The van der Waals surface area contributed by atoms with E-state index in [0.29, 0.717) is 5.02 Å². The molecule has 4 heteroatoms. The lowest BCUT2D eigenvalue weighted by Gasteiger charge is -2.20. The van der Waals surface area contributed by atoms with Gasteiger partial charge in [-0.1, -0.05) is 11.6 Å². The van der Waals surface area contributed by atoms with Crippen LogP contribution in [0.15, 0.2) is 30.3 Å². The van der Waals surface area contributed by atoms with Gasteiger partial charge in [0, 0.05) is 12.4 Å². The van der Waals surface area contributed by atoms with E-state index in [-0.39, 0.29) is 6.04 Å². The maximum absolute atomic E-state index is 6.11. The Morgan fingerprint density at radius 2 is 2.40 bits per heavy atom. The first-order valence-corrected chi connectivity index (χ1v) is 5.32. The average molecular weight is 225 g/mol. The molecule has 0 fully saturated rings. The van der Waals surface area contributed by atoms with Crippen molar-refractivity contribution in [3.05, 3.63) is 40.9 Å². The molecule has 2 N–H and O–H groups in total. The van der Waals surface area contributed by atoms with Crippen LogP contribution in [0.25, 0.3) is 0 Å². The third-order valence-corrected chi connectivity index (χ3v) is 2.82. The summed E-state index contributed by atoms with van der Waals surface area (Å²) >= 11 is 6.03. The third-order valence-electron chi connectivity index (χ3n) is 2.50. The van der Waals surface area contributed by atoms with Gasteiger partial charge in [0.2, 0.25) is 0 Å². The summed E-state index contributed by atoms with van der Waals surface area (Å²) in [5.41, 5.74) is 8.11. The monoisotopic (exact) mass is 224 g/mol. The van der Waals surface area contributed by atoms with E-state index in [2.05, 4.69) is 4.98 Å². The Kier molecular flexibility index (Phi) is 3.23. The van der Waals surface area contributed by atoms with Gasteiger partial charge in [0.05, 0.1) is 23.9 Å². The van der Waals surface area contributed by atoms with Crippen LogP contribution in [0.3, 0.4) is 0 Å². The molecule has 0 aromatic carbocycles. The quantitative estimate of drug-likeness (QED) is 0.840. The molecule has 1 unspecified atom stereocenters. The predicted octanol–water partition coefficient (Wildman–Crippen LogP) is 2.43. The van der Waals surface area contributed by atoms with Crippen LogP contribution in [0.1, 0.15) is 24.4 Å². The van der Waals surface area contributed by atoms with Crippen molar-refractivity contribution in [2.24, 2.45) is 5.73 Å². The molecule has 1 aromatic heterocycles. The number of nitrogens with two attached hydrogens (primary N) is 1. The molecule has 2 heterocycles. The van der Waals surface area contributed by atoms with Gasteiger partial charge in [-0.3, -0.25) is 4.98 Å². The maximum Gasteiger partial charge on any atom is 0.0876 e. The Balaban J connectivity index is 2.23. The molecule has 0 aliphatic carbocycles. The van der Waals surface area contributed by atoms with Crippen molar-refractivity contribution in [3.63, 3.8) is 0 Å². The predicted molar refractivity (Wildman–Crippen MR) is 59.4 cm³/mol. The number of ether oxygens (including phenoxy) is 1. The van der Waals surface area contributed by atoms with Crippen LogP contribution in [0, 0.1) is 0 Å². The molecule has 1 atom stereocenters. The van der Waals surface area contributed by atoms with Gasteiger partial charge in [-0.25, -0.2) is 0 Å². The highest BCUT2D eigenvalue weighted by atomic mass is 35.5. The van der Waals surface area contributed by atoms with Crippen molar-refractivity contribution in [1.82, 2.24) is 4.98 Å². The second kappa shape index (κ2) is 4.64. The summed E-state index contributed by atoms with van der Waals surface area (Å²) in [7, 11) is 0. The average Bonchev–Trinajstić information content (AvgIpc) is 2.30. The minimum absolute atomic E-state index is 0.180. The van der Waals surface area contributed by atoms with Gasteiger partial charge in [0.15, 0.2) is 0 Å². The molecule has 0 amide bonds. The fourth-order valence-corrected chi connectivity index (χ4v) is 1.89. The first-order chi connectivity index (χ1) is 7.29. The van der Waals surface area contributed by atoms with Gasteiger partial charge < -0.3 is 10.5 Å². The van der Waals surface area contributed by atoms with E-state index in [1.54, 1.807) is 18.7 Å². The Morgan fingerprint density at radius 3 is 3.07 bits per heavy atom. The van der Waals surface area contributed by atoms with Crippen LogP contribution in [0.4, 0.5) is 0 Å². The number of aromatic nitrogens is 1. The lowest BCUT2D eigenvalue weighted by Crippen LogP contribution is -2.16. The Bertz CT molecular complexity index is 379. The zero-order valence-corrected chi connectivity index (χ0v) is 9.07. The van der Waals surface area contributed by atoms with Crippen molar-refractivity contribution in [3.8, 4) is 0 Å². The van der Waals surface area contributed by atoms with Gasteiger partial charge in [0.25, 0.3) is 0 Å². The summed E-state index contributed by atoms with van der Waals surface area (Å²) in [6.07, 6.45) is 7.05. The van der Waals surface area contributed by atoms with Crippen LogP contribution in [0.2, 0.25) is 5.02 Å². The largest absolute Gasteiger partial charge is 0.501 e. The van der Waals surface area contributed by atoms with E-state index in [1.165, 1.54) is 0 Å². The molecule has 1 aliphatic rings. The molecule has 0 saturated carbocycles. The minimum atomic E-state index is -0.180. The summed E-state index contributed by atoms with van der Waals surface area (Å²) in [5.74, 6) is 0.